The number of halogens is 1. The van der Waals surface area contributed by atoms with Gasteiger partial charge in [0.05, 0.1) is 11.6 Å². The molecule has 0 aliphatic carbocycles. The van der Waals surface area contributed by atoms with Crippen LogP contribution >= 0.6 is 15.9 Å². The molecule has 0 spiro atoms. The molecule has 0 amide bonds. The van der Waals surface area contributed by atoms with Crippen molar-refractivity contribution in [2.24, 2.45) is 0 Å². The molecule has 0 aliphatic rings. The molecule has 0 N–H and O–H groups in total. The van der Waals surface area contributed by atoms with Gasteiger partial charge in [-0.1, -0.05) is 12.1 Å². The van der Waals surface area contributed by atoms with Gasteiger partial charge in [0.1, 0.15) is 0 Å². The second-order valence-electron chi connectivity index (χ2n) is 3.08. The summed E-state index contributed by atoms with van der Waals surface area (Å²) in [5.41, 5.74) is 2.76. The summed E-state index contributed by atoms with van der Waals surface area (Å²) in [6.07, 6.45) is 3.54. The Balaban J connectivity index is 2.42. The molecule has 0 bridgehead atoms. The van der Waals surface area contributed by atoms with Crippen LogP contribution in [0.5, 0.6) is 0 Å². The van der Waals surface area contributed by atoms with Crippen molar-refractivity contribution >= 4 is 15.9 Å². The number of pyridine rings is 1. The molecule has 2 rings (SSSR count). The van der Waals surface area contributed by atoms with Crippen LogP contribution in [0, 0.1) is 11.3 Å². The van der Waals surface area contributed by atoms with E-state index in [4.69, 9.17) is 5.26 Å². The lowest BCUT2D eigenvalue weighted by atomic mass is 10.1. The van der Waals surface area contributed by atoms with Crippen LogP contribution in [-0.2, 0) is 0 Å². The van der Waals surface area contributed by atoms with E-state index in [0.29, 0.717) is 5.56 Å². The Morgan fingerprint density at radius 1 is 1.07 bits per heavy atom. The fourth-order valence-electron chi connectivity index (χ4n) is 1.31. The summed E-state index contributed by atoms with van der Waals surface area (Å²) in [6, 6.07) is 11.5. The zero-order chi connectivity index (χ0) is 10.7. The number of hydrogen-bond donors (Lipinski definition) is 0. The van der Waals surface area contributed by atoms with Crippen LogP contribution in [0.3, 0.4) is 0 Å². The van der Waals surface area contributed by atoms with Gasteiger partial charge >= 0.3 is 0 Å². The summed E-state index contributed by atoms with van der Waals surface area (Å²) in [4.78, 5) is 4.09. The highest BCUT2D eigenvalue weighted by Crippen LogP contribution is 2.21. The predicted octanol–water partition coefficient (Wildman–Crippen LogP) is 3.38. The maximum Gasteiger partial charge on any atom is 0.0991 e. The number of benzene rings is 1. The van der Waals surface area contributed by atoms with E-state index in [-0.39, 0.29) is 0 Å². The fourth-order valence-corrected chi connectivity index (χ4v) is 1.67. The maximum absolute atomic E-state index is 8.67. The Hall–Kier alpha value is -1.66. The van der Waals surface area contributed by atoms with Gasteiger partial charge in [-0.25, -0.2) is 0 Å². The first-order valence-corrected chi connectivity index (χ1v) is 5.20. The summed E-state index contributed by atoms with van der Waals surface area (Å²) < 4.78 is 0.948. The number of nitriles is 1. The minimum absolute atomic E-state index is 0.668. The summed E-state index contributed by atoms with van der Waals surface area (Å²) in [5, 5.41) is 8.67. The SMILES string of the molecule is N#Cc1ccc(-c2cncc(Br)c2)cc1. The summed E-state index contributed by atoms with van der Waals surface area (Å²) in [6.45, 7) is 0. The minimum Gasteiger partial charge on any atom is -0.263 e. The Morgan fingerprint density at radius 2 is 1.80 bits per heavy atom. The lowest BCUT2D eigenvalue weighted by Crippen LogP contribution is -1.81. The monoisotopic (exact) mass is 258 g/mol. The molecule has 0 aliphatic heterocycles. The van der Waals surface area contributed by atoms with E-state index in [2.05, 4.69) is 27.0 Å². The quantitative estimate of drug-likeness (QED) is 0.787. The average molecular weight is 259 g/mol. The van der Waals surface area contributed by atoms with Crippen molar-refractivity contribution in [3.8, 4) is 17.2 Å². The van der Waals surface area contributed by atoms with Crippen molar-refractivity contribution in [3.63, 3.8) is 0 Å². The molecule has 72 valence electrons. The molecule has 2 nitrogen and oxygen atoms in total. The topological polar surface area (TPSA) is 36.7 Å². The zero-order valence-corrected chi connectivity index (χ0v) is 9.40. The van der Waals surface area contributed by atoms with E-state index in [0.717, 1.165) is 15.6 Å². The molecule has 0 unspecified atom stereocenters. The fraction of sp³-hybridized carbons (Fsp3) is 0. The van der Waals surface area contributed by atoms with Crippen LogP contribution in [0.4, 0.5) is 0 Å². The molecule has 0 atom stereocenters. The Labute approximate surface area is 96.3 Å². The van der Waals surface area contributed by atoms with Crippen molar-refractivity contribution in [2.75, 3.05) is 0 Å². The van der Waals surface area contributed by atoms with Crippen LogP contribution < -0.4 is 0 Å². The molecule has 1 aromatic carbocycles. The molecule has 0 radical (unpaired) electrons. The van der Waals surface area contributed by atoms with Crippen molar-refractivity contribution in [2.45, 2.75) is 0 Å². The Morgan fingerprint density at radius 3 is 2.40 bits per heavy atom. The summed E-state index contributed by atoms with van der Waals surface area (Å²) in [7, 11) is 0. The van der Waals surface area contributed by atoms with Gasteiger partial charge in [-0.2, -0.15) is 5.26 Å². The first-order chi connectivity index (χ1) is 7.29. The molecule has 1 heterocycles. The predicted molar refractivity (Wildman–Crippen MR) is 62.1 cm³/mol. The normalized spacial score (nSPS) is 9.60. The zero-order valence-electron chi connectivity index (χ0n) is 7.81. The van der Waals surface area contributed by atoms with Crippen molar-refractivity contribution in [1.29, 1.82) is 5.26 Å². The standard InChI is InChI=1S/C12H7BrN2/c13-12-5-11(7-15-8-12)10-3-1-9(6-14)2-4-10/h1-5,7-8H. The van der Waals surface area contributed by atoms with Gasteiger partial charge < -0.3 is 0 Å². The van der Waals surface area contributed by atoms with Gasteiger partial charge in [-0.05, 0) is 39.7 Å². The summed E-state index contributed by atoms with van der Waals surface area (Å²) in [5.74, 6) is 0. The lowest BCUT2D eigenvalue weighted by molar-refractivity contribution is 1.31. The van der Waals surface area contributed by atoms with E-state index in [1.807, 2.05) is 18.2 Å². The van der Waals surface area contributed by atoms with Crippen molar-refractivity contribution in [1.82, 2.24) is 4.98 Å². The van der Waals surface area contributed by atoms with Crippen LogP contribution in [0.1, 0.15) is 5.56 Å². The molecule has 15 heavy (non-hydrogen) atoms. The van der Waals surface area contributed by atoms with E-state index >= 15 is 0 Å². The Kier molecular flexibility index (Phi) is 2.79. The number of rotatable bonds is 1. The molecule has 0 saturated carbocycles. The third-order valence-corrected chi connectivity index (χ3v) is 2.49. The minimum atomic E-state index is 0.668. The van der Waals surface area contributed by atoms with Crippen molar-refractivity contribution in [3.05, 3.63) is 52.8 Å². The van der Waals surface area contributed by atoms with E-state index in [1.54, 1.807) is 24.5 Å². The molecule has 0 fully saturated rings. The third kappa shape index (κ3) is 2.23. The van der Waals surface area contributed by atoms with E-state index in [9.17, 15) is 0 Å². The highest BCUT2D eigenvalue weighted by atomic mass is 79.9. The first kappa shape index (κ1) is 9.88. The van der Waals surface area contributed by atoms with E-state index < -0.39 is 0 Å². The number of hydrogen-bond acceptors (Lipinski definition) is 2. The van der Waals surface area contributed by atoms with Gasteiger partial charge in [0.25, 0.3) is 0 Å². The number of aromatic nitrogens is 1. The van der Waals surface area contributed by atoms with Gasteiger partial charge in [0.2, 0.25) is 0 Å². The van der Waals surface area contributed by atoms with Crippen molar-refractivity contribution < 1.29 is 0 Å². The van der Waals surface area contributed by atoms with Crippen LogP contribution in [0.25, 0.3) is 11.1 Å². The third-order valence-electron chi connectivity index (χ3n) is 2.05. The van der Waals surface area contributed by atoms with Crippen LogP contribution in [0.2, 0.25) is 0 Å². The molecule has 2 aromatic rings. The lowest BCUT2D eigenvalue weighted by Gasteiger charge is -2.01. The number of nitrogens with zero attached hydrogens (tertiary/aromatic N) is 2. The molecule has 1 aromatic heterocycles. The molecular weight excluding hydrogens is 252 g/mol. The average Bonchev–Trinajstić information content (AvgIpc) is 2.29. The van der Waals surface area contributed by atoms with Gasteiger partial charge in [-0.15, -0.1) is 0 Å². The second-order valence-corrected chi connectivity index (χ2v) is 4.00. The molecular formula is C12H7BrN2. The highest BCUT2D eigenvalue weighted by molar-refractivity contribution is 9.10. The maximum atomic E-state index is 8.67. The second kappa shape index (κ2) is 4.24. The van der Waals surface area contributed by atoms with Gasteiger partial charge in [-0.3, -0.25) is 4.98 Å². The first-order valence-electron chi connectivity index (χ1n) is 4.41. The smallest absolute Gasteiger partial charge is 0.0991 e. The highest BCUT2D eigenvalue weighted by Gasteiger charge is 1.98. The van der Waals surface area contributed by atoms with Crippen LogP contribution in [-0.4, -0.2) is 4.98 Å². The van der Waals surface area contributed by atoms with E-state index in [1.165, 1.54) is 0 Å². The van der Waals surface area contributed by atoms with Gasteiger partial charge in [0.15, 0.2) is 0 Å². The van der Waals surface area contributed by atoms with Crippen LogP contribution in [0.15, 0.2) is 47.2 Å². The molecule has 0 saturated heterocycles. The summed E-state index contributed by atoms with van der Waals surface area (Å²) >= 11 is 3.37. The molecule has 3 heteroatoms. The van der Waals surface area contributed by atoms with Gasteiger partial charge in [0, 0.05) is 22.4 Å². The largest absolute Gasteiger partial charge is 0.263 e. The Bertz CT molecular complexity index is 512.